The summed E-state index contributed by atoms with van der Waals surface area (Å²) in [4.78, 5) is 26.4. The van der Waals surface area contributed by atoms with Gasteiger partial charge in [-0.1, -0.05) is 62.8 Å². The Morgan fingerprint density at radius 3 is 2.11 bits per heavy atom. The van der Waals surface area contributed by atoms with Gasteiger partial charge in [0.2, 0.25) is 21.8 Å². The summed E-state index contributed by atoms with van der Waals surface area (Å²) in [6.07, 6.45) is 9.65. The lowest BCUT2D eigenvalue weighted by Gasteiger charge is -2.33. The SMILES string of the molecule is CC(C)(NC(=O)[C@H](NS(=O)(=O)CC1CCCCC1)C1CCCCC1)C(=O)NCc1ccc(C(=N)N)cc1.Cl. The van der Waals surface area contributed by atoms with Crippen LogP contribution in [0.5, 0.6) is 0 Å². The molecule has 0 spiro atoms. The van der Waals surface area contributed by atoms with Crippen molar-refractivity contribution in [3.05, 3.63) is 35.4 Å². The number of hydrogen-bond acceptors (Lipinski definition) is 5. The molecule has 0 radical (unpaired) electrons. The second-order valence-corrected chi connectivity index (χ2v) is 13.0. The standard InChI is InChI=1S/C27H43N5O4S.ClH/c1-27(2,26(34)30-17-19-13-15-22(16-14-19)24(28)29)31-25(33)23(21-11-7-4-8-12-21)32-37(35,36)18-20-9-5-3-6-10-20;/h13-16,20-21,23,32H,3-12,17-18H2,1-2H3,(H3,28,29)(H,30,34)(H,31,33);1H/t23-;/m1./s1. The normalized spacial score (nSPS) is 18.2. The molecule has 0 saturated heterocycles. The van der Waals surface area contributed by atoms with Gasteiger partial charge in [-0.2, -0.15) is 0 Å². The fraction of sp³-hybridized carbons (Fsp3) is 0.667. The van der Waals surface area contributed by atoms with E-state index in [9.17, 15) is 18.0 Å². The minimum atomic E-state index is -3.64. The molecule has 0 aliphatic heterocycles. The van der Waals surface area contributed by atoms with Gasteiger partial charge in [-0.15, -0.1) is 12.4 Å². The van der Waals surface area contributed by atoms with Crippen molar-refractivity contribution in [1.29, 1.82) is 5.41 Å². The fourth-order valence-electron chi connectivity index (χ4n) is 5.38. The first-order chi connectivity index (χ1) is 17.5. The lowest BCUT2D eigenvalue weighted by atomic mass is 9.83. The number of hydrogen-bond donors (Lipinski definition) is 5. The Balaban J connectivity index is 0.00000507. The van der Waals surface area contributed by atoms with Crippen LogP contribution in [0.15, 0.2) is 24.3 Å². The molecule has 2 amide bonds. The van der Waals surface area contributed by atoms with Crippen molar-refractivity contribution < 1.29 is 18.0 Å². The molecule has 38 heavy (non-hydrogen) atoms. The number of nitrogen functional groups attached to an aromatic ring is 1. The maximum Gasteiger partial charge on any atom is 0.245 e. The van der Waals surface area contributed by atoms with Gasteiger partial charge in [0, 0.05) is 12.1 Å². The van der Waals surface area contributed by atoms with Gasteiger partial charge in [0.25, 0.3) is 0 Å². The van der Waals surface area contributed by atoms with Crippen molar-refractivity contribution in [1.82, 2.24) is 15.4 Å². The van der Waals surface area contributed by atoms with E-state index < -0.39 is 27.5 Å². The van der Waals surface area contributed by atoms with Gasteiger partial charge in [0.1, 0.15) is 17.4 Å². The third-order valence-corrected chi connectivity index (χ3v) is 9.13. The van der Waals surface area contributed by atoms with Crippen LogP contribution in [0.1, 0.15) is 89.2 Å². The molecule has 2 aliphatic carbocycles. The number of benzene rings is 1. The molecule has 2 fully saturated rings. The molecule has 6 N–H and O–H groups in total. The van der Waals surface area contributed by atoms with Gasteiger partial charge in [-0.3, -0.25) is 15.0 Å². The summed E-state index contributed by atoms with van der Waals surface area (Å²) in [6.45, 7) is 3.48. The third-order valence-electron chi connectivity index (χ3n) is 7.61. The quantitative estimate of drug-likeness (QED) is 0.204. The van der Waals surface area contributed by atoms with Crippen LogP contribution in [0.25, 0.3) is 0 Å². The van der Waals surface area contributed by atoms with Crippen molar-refractivity contribution in [2.75, 3.05) is 5.75 Å². The first-order valence-electron chi connectivity index (χ1n) is 13.5. The number of carbonyl (C=O) groups is 2. The van der Waals surface area contributed by atoms with Crippen LogP contribution in [0, 0.1) is 17.2 Å². The number of halogens is 1. The molecule has 1 aromatic carbocycles. The Morgan fingerprint density at radius 2 is 1.55 bits per heavy atom. The lowest BCUT2D eigenvalue weighted by Crippen LogP contribution is -2.60. The maximum atomic E-state index is 13.5. The zero-order valence-corrected chi connectivity index (χ0v) is 24.2. The summed E-state index contributed by atoms with van der Waals surface area (Å²) in [5, 5.41) is 13.1. The van der Waals surface area contributed by atoms with Crippen molar-refractivity contribution in [3.8, 4) is 0 Å². The molecular formula is C27H44ClN5O4S. The van der Waals surface area contributed by atoms with Crippen molar-refractivity contribution in [2.45, 2.75) is 96.2 Å². The number of nitrogens with one attached hydrogen (secondary N) is 4. The van der Waals surface area contributed by atoms with E-state index >= 15 is 0 Å². The molecule has 214 valence electrons. The van der Waals surface area contributed by atoms with E-state index in [2.05, 4.69) is 15.4 Å². The summed E-state index contributed by atoms with van der Waals surface area (Å²) in [6, 6.07) is 6.10. The van der Waals surface area contributed by atoms with E-state index in [4.69, 9.17) is 11.1 Å². The molecule has 0 heterocycles. The second-order valence-electron chi connectivity index (χ2n) is 11.2. The van der Waals surface area contributed by atoms with Crippen molar-refractivity contribution >= 4 is 40.1 Å². The third kappa shape index (κ3) is 9.54. The minimum absolute atomic E-state index is 0. The largest absolute Gasteiger partial charge is 0.384 e. The molecule has 2 saturated carbocycles. The number of nitrogens with two attached hydrogens (primary N) is 1. The topological polar surface area (TPSA) is 154 Å². The molecule has 2 aliphatic rings. The van der Waals surface area contributed by atoms with Crippen LogP contribution >= 0.6 is 12.4 Å². The van der Waals surface area contributed by atoms with Crippen LogP contribution in [-0.2, 0) is 26.2 Å². The molecule has 9 nitrogen and oxygen atoms in total. The van der Waals surface area contributed by atoms with Crippen LogP contribution < -0.4 is 21.1 Å². The van der Waals surface area contributed by atoms with Crippen LogP contribution in [0.2, 0.25) is 0 Å². The molecule has 1 aromatic rings. The molecule has 0 unspecified atom stereocenters. The van der Waals surface area contributed by atoms with E-state index in [0.717, 1.165) is 69.8 Å². The zero-order valence-electron chi connectivity index (χ0n) is 22.6. The fourth-order valence-corrected chi connectivity index (χ4v) is 7.12. The van der Waals surface area contributed by atoms with E-state index in [-0.39, 0.29) is 48.3 Å². The molecular weight excluding hydrogens is 526 g/mol. The Bertz CT molecular complexity index is 1050. The monoisotopic (exact) mass is 569 g/mol. The summed E-state index contributed by atoms with van der Waals surface area (Å²) >= 11 is 0. The molecule has 0 aromatic heterocycles. The molecule has 11 heteroatoms. The average molecular weight is 570 g/mol. The van der Waals surface area contributed by atoms with E-state index in [0.29, 0.717) is 5.56 Å². The lowest BCUT2D eigenvalue weighted by molar-refractivity contribution is -0.133. The van der Waals surface area contributed by atoms with Crippen LogP contribution in [-0.4, -0.2) is 43.4 Å². The van der Waals surface area contributed by atoms with Crippen molar-refractivity contribution in [3.63, 3.8) is 0 Å². The number of amidine groups is 1. The van der Waals surface area contributed by atoms with Crippen LogP contribution in [0.4, 0.5) is 0 Å². The van der Waals surface area contributed by atoms with Gasteiger partial charge in [-0.05, 0) is 56.9 Å². The van der Waals surface area contributed by atoms with Gasteiger partial charge in [0.15, 0.2) is 0 Å². The molecule has 1 atom stereocenters. The highest BCUT2D eigenvalue weighted by Crippen LogP contribution is 2.29. The van der Waals surface area contributed by atoms with E-state index in [1.54, 1.807) is 38.1 Å². The van der Waals surface area contributed by atoms with E-state index in [1.165, 1.54) is 0 Å². The Labute approximate surface area is 233 Å². The molecule has 0 bridgehead atoms. The Hall–Kier alpha value is -2.17. The highest BCUT2D eigenvalue weighted by Gasteiger charge is 2.38. The number of carbonyl (C=O) groups excluding carboxylic acids is 2. The summed E-state index contributed by atoms with van der Waals surface area (Å²) in [5.74, 6) is -0.757. The Morgan fingerprint density at radius 1 is 1.00 bits per heavy atom. The number of sulfonamides is 1. The van der Waals surface area contributed by atoms with Gasteiger partial charge >= 0.3 is 0 Å². The Kier molecular flexibility index (Phi) is 12.0. The highest BCUT2D eigenvalue weighted by molar-refractivity contribution is 7.89. The summed E-state index contributed by atoms with van der Waals surface area (Å²) in [5.41, 5.74) is 5.67. The van der Waals surface area contributed by atoms with Crippen molar-refractivity contribution in [2.24, 2.45) is 17.6 Å². The predicted molar refractivity (Wildman–Crippen MR) is 153 cm³/mol. The van der Waals surface area contributed by atoms with Crippen LogP contribution in [0.3, 0.4) is 0 Å². The smallest absolute Gasteiger partial charge is 0.245 e. The molecule has 3 rings (SSSR count). The summed E-state index contributed by atoms with van der Waals surface area (Å²) < 4.78 is 28.9. The average Bonchev–Trinajstić information content (AvgIpc) is 2.86. The van der Waals surface area contributed by atoms with Gasteiger partial charge in [-0.25, -0.2) is 13.1 Å². The summed E-state index contributed by atoms with van der Waals surface area (Å²) in [7, 11) is -3.64. The predicted octanol–water partition coefficient (Wildman–Crippen LogP) is 3.35. The second kappa shape index (κ2) is 14.3. The first-order valence-corrected chi connectivity index (χ1v) is 15.2. The minimum Gasteiger partial charge on any atom is -0.384 e. The zero-order chi connectivity index (χ0) is 27.1. The highest BCUT2D eigenvalue weighted by atomic mass is 35.5. The maximum absolute atomic E-state index is 13.5. The number of amides is 2. The van der Waals surface area contributed by atoms with Gasteiger partial charge in [0.05, 0.1) is 5.75 Å². The van der Waals surface area contributed by atoms with Gasteiger partial charge < -0.3 is 16.4 Å². The van der Waals surface area contributed by atoms with E-state index in [1.807, 2.05) is 0 Å². The first kappa shape index (κ1) is 32.0. The number of rotatable bonds is 11.